The first-order valence-electron chi connectivity index (χ1n) is 7.94. The van der Waals surface area contributed by atoms with Crippen molar-refractivity contribution in [2.24, 2.45) is 5.92 Å². The number of hydrogen-bond acceptors (Lipinski definition) is 2. The fourth-order valence-electron chi connectivity index (χ4n) is 3.12. The Kier molecular flexibility index (Phi) is 5.84. The Morgan fingerprint density at radius 1 is 1.26 bits per heavy atom. The Morgan fingerprint density at radius 3 is 2.68 bits per heavy atom. The second-order valence-corrected chi connectivity index (χ2v) is 5.99. The monoisotopic (exact) mass is 260 g/mol. The molecular formula is C17H28N2. The fourth-order valence-corrected chi connectivity index (χ4v) is 3.12. The summed E-state index contributed by atoms with van der Waals surface area (Å²) in [6.07, 6.45) is 11.3. The van der Waals surface area contributed by atoms with Crippen molar-refractivity contribution < 1.29 is 0 Å². The van der Waals surface area contributed by atoms with Crippen molar-refractivity contribution in [2.45, 2.75) is 64.8 Å². The van der Waals surface area contributed by atoms with Gasteiger partial charge in [-0.3, -0.25) is 4.98 Å². The van der Waals surface area contributed by atoms with Crippen LogP contribution in [0.2, 0.25) is 0 Å². The molecule has 1 heterocycles. The molecule has 0 amide bonds. The molecule has 1 aliphatic rings. The Hall–Kier alpha value is -0.890. The van der Waals surface area contributed by atoms with Crippen LogP contribution in [0.3, 0.4) is 0 Å². The van der Waals surface area contributed by atoms with Crippen LogP contribution in [-0.2, 0) is 6.42 Å². The zero-order valence-corrected chi connectivity index (χ0v) is 12.5. The number of nitrogens with one attached hydrogen (secondary N) is 1. The zero-order chi connectivity index (χ0) is 13.5. The van der Waals surface area contributed by atoms with Crippen molar-refractivity contribution in [2.75, 3.05) is 6.54 Å². The third-order valence-electron chi connectivity index (χ3n) is 4.28. The predicted molar refractivity (Wildman–Crippen MR) is 81.3 cm³/mol. The lowest BCUT2D eigenvalue weighted by Gasteiger charge is -2.31. The summed E-state index contributed by atoms with van der Waals surface area (Å²) < 4.78 is 0. The Morgan fingerprint density at radius 2 is 2.05 bits per heavy atom. The van der Waals surface area contributed by atoms with Gasteiger partial charge in [-0.15, -0.1) is 0 Å². The summed E-state index contributed by atoms with van der Waals surface area (Å²) in [5.74, 6) is 0.850. The number of aromatic nitrogens is 1. The highest BCUT2D eigenvalue weighted by Crippen LogP contribution is 2.27. The maximum atomic E-state index is 4.58. The van der Waals surface area contributed by atoms with Gasteiger partial charge in [0.25, 0.3) is 0 Å². The maximum absolute atomic E-state index is 4.58. The minimum atomic E-state index is 0.621. The Balaban J connectivity index is 1.97. The highest BCUT2D eigenvalue weighted by Gasteiger charge is 2.23. The summed E-state index contributed by atoms with van der Waals surface area (Å²) in [6, 6.07) is 4.99. The Bertz CT molecular complexity index is 352. The molecule has 0 aliphatic heterocycles. The molecular weight excluding hydrogens is 232 g/mol. The van der Waals surface area contributed by atoms with Crippen molar-refractivity contribution in [3.63, 3.8) is 0 Å². The van der Waals surface area contributed by atoms with E-state index < -0.39 is 0 Å². The number of aryl methyl sites for hydroxylation is 1. The Labute approximate surface area is 118 Å². The molecule has 0 aromatic carbocycles. The molecule has 106 valence electrons. The normalized spacial score (nSPS) is 18.4. The van der Waals surface area contributed by atoms with Gasteiger partial charge in [0.05, 0.1) is 0 Å². The molecule has 0 radical (unpaired) electrons. The van der Waals surface area contributed by atoms with Crippen molar-refractivity contribution in [1.82, 2.24) is 10.3 Å². The molecule has 0 saturated heterocycles. The second-order valence-electron chi connectivity index (χ2n) is 5.99. The molecule has 2 rings (SSSR count). The van der Waals surface area contributed by atoms with Crippen LogP contribution in [0.25, 0.3) is 0 Å². The van der Waals surface area contributed by atoms with Gasteiger partial charge in [-0.1, -0.05) is 32.3 Å². The van der Waals surface area contributed by atoms with Gasteiger partial charge in [0.15, 0.2) is 0 Å². The number of pyridine rings is 1. The van der Waals surface area contributed by atoms with Gasteiger partial charge in [-0.2, -0.15) is 0 Å². The lowest BCUT2D eigenvalue weighted by atomic mass is 9.82. The van der Waals surface area contributed by atoms with E-state index in [4.69, 9.17) is 0 Å². The molecule has 0 spiro atoms. The molecule has 2 heteroatoms. The zero-order valence-electron chi connectivity index (χ0n) is 12.5. The summed E-state index contributed by atoms with van der Waals surface area (Å²) in [6.45, 7) is 5.48. The van der Waals surface area contributed by atoms with Gasteiger partial charge < -0.3 is 5.32 Å². The summed E-state index contributed by atoms with van der Waals surface area (Å²) in [5.41, 5.74) is 2.49. The minimum Gasteiger partial charge on any atom is -0.313 e. The first kappa shape index (κ1) is 14.5. The van der Waals surface area contributed by atoms with Crippen LogP contribution in [0.1, 0.15) is 56.7 Å². The topological polar surface area (TPSA) is 24.9 Å². The highest BCUT2D eigenvalue weighted by atomic mass is 14.9. The summed E-state index contributed by atoms with van der Waals surface area (Å²) in [4.78, 5) is 4.58. The molecule has 1 saturated carbocycles. The van der Waals surface area contributed by atoms with Gasteiger partial charge in [0, 0.05) is 24.4 Å². The van der Waals surface area contributed by atoms with E-state index in [1.807, 2.05) is 6.20 Å². The predicted octanol–water partition coefficient (Wildman–Crippen LogP) is 3.88. The van der Waals surface area contributed by atoms with Crippen molar-refractivity contribution in [1.29, 1.82) is 0 Å². The van der Waals surface area contributed by atoms with Gasteiger partial charge in [-0.25, -0.2) is 0 Å². The van der Waals surface area contributed by atoms with E-state index in [1.165, 1.54) is 49.8 Å². The maximum Gasteiger partial charge on any atom is 0.0419 e. The van der Waals surface area contributed by atoms with E-state index in [-0.39, 0.29) is 0 Å². The molecule has 1 atom stereocenters. The molecule has 1 fully saturated rings. The van der Waals surface area contributed by atoms with Crippen LogP contribution in [0.5, 0.6) is 0 Å². The van der Waals surface area contributed by atoms with Crippen LogP contribution < -0.4 is 5.32 Å². The second kappa shape index (κ2) is 7.64. The van der Waals surface area contributed by atoms with Gasteiger partial charge in [-0.05, 0) is 50.3 Å². The van der Waals surface area contributed by atoms with Crippen LogP contribution in [0, 0.1) is 12.8 Å². The van der Waals surface area contributed by atoms with E-state index >= 15 is 0 Å². The van der Waals surface area contributed by atoms with Gasteiger partial charge >= 0.3 is 0 Å². The molecule has 1 N–H and O–H groups in total. The number of rotatable bonds is 6. The van der Waals surface area contributed by atoms with E-state index in [9.17, 15) is 0 Å². The van der Waals surface area contributed by atoms with Gasteiger partial charge in [0.1, 0.15) is 0 Å². The number of nitrogens with zero attached hydrogens (tertiary/aromatic N) is 1. The van der Waals surface area contributed by atoms with Crippen LogP contribution >= 0.6 is 0 Å². The van der Waals surface area contributed by atoms with Crippen LogP contribution in [0.15, 0.2) is 18.3 Å². The third-order valence-corrected chi connectivity index (χ3v) is 4.28. The SMILES string of the molecule is CCCNC(Cc1ccc(C)cn1)C1CCCCC1. The minimum absolute atomic E-state index is 0.621. The number of hydrogen-bond donors (Lipinski definition) is 1. The fraction of sp³-hybridized carbons (Fsp3) is 0.706. The van der Waals surface area contributed by atoms with Crippen LogP contribution in [-0.4, -0.2) is 17.6 Å². The first-order valence-corrected chi connectivity index (χ1v) is 7.94. The lowest BCUT2D eigenvalue weighted by Crippen LogP contribution is -2.39. The molecule has 1 unspecified atom stereocenters. The highest BCUT2D eigenvalue weighted by molar-refractivity contribution is 5.13. The summed E-state index contributed by atoms with van der Waals surface area (Å²) >= 11 is 0. The van der Waals surface area contributed by atoms with E-state index in [2.05, 4.69) is 36.3 Å². The molecule has 1 aromatic heterocycles. The van der Waals surface area contributed by atoms with Crippen molar-refractivity contribution in [3.05, 3.63) is 29.6 Å². The van der Waals surface area contributed by atoms with E-state index in [0.29, 0.717) is 6.04 Å². The van der Waals surface area contributed by atoms with Crippen molar-refractivity contribution in [3.8, 4) is 0 Å². The molecule has 1 aliphatic carbocycles. The molecule has 0 bridgehead atoms. The summed E-state index contributed by atoms with van der Waals surface area (Å²) in [7, 11) is 0. The first-order chi connectivity index (χ1) is 9.29. The van der Waals surface area contributed by atoms with E-state index in [1.54, 1.807) is 0 Å². The molecule has 1 aromatic rings. The van der Waals surface area contributed by atoms with Gasteiger partial charge in [0.2, 0.25) is 0 Å². The summed E-state index contributed by atoms with van der Waals surface area (Å²) in [5, 5.41) is 3.76. The third kappa shape index (κ3) is 4.61. The smallest absolute Gasteiger partial charge is 0.0419 e. The largest absolute Gasteiger partial charge is 0.313 e. The lowest BCUT2D eigenvalue weighted by molar-refractivity contribution is 0.266. The average Bonchev–Trinajstić information content (AvgIpc) is 2.46. The molecule has 2 nitrogen and oxygen atoms in total. The van der Waals surface area contributed by atoms with Crippen LogP contribution in [0.4, 0.5) is 0 Å². The van der Waals surface area contributed by atoms with E-state index in [0.717, 1.165) is 18.9 Å². The quantitative estimate of drug-likeness (QED) is 0.839. The molecule has 19 heavy (non-hydrogen) atoms. The van der Waals surface area contributed by atoms with Crippen molar-refractivity contribution >= 4 is 0 Å². The average molecular weight is 260 g/mol. The standard InChI is InChI=1S/C17H28N2/c1-3-11-18-17(15-7-5-4-6-8-15)12-16-10-9-14(2)13-19-16/h9-10,13,15,17-18H,3-8,11-12H2,1-2H3.